The molecule has 0 atom stereocenters. The van der Waals surface area contributed by atoms with Crippen LogP contribution in [0.1, 0.15) is 31.4 Å². The summed E-state index contributed by atoms with van der Waals surface area (Å²) in [5.74, 6) is -0.125. The van der Waals surface area contributed by atoms with E-state index in [9.17, 15) is 18.3 Å². The number of aromatic amines is 2. The van der Waals surface area contributed by atoms with E-state index in [1.807, 2.05) is 0 Å². The number of rotatable bonds is 7. The first-order chi connectivity index (χ1) is 15.4. The lowest BCUT2D eigenvalue weighted by atomic mass is 10.3. The number of nitrogens with zero attached hydrogens (tertiary/aromatic N) is 6. The molecule has 0 amide bonds. The van der Waals surface area contributed by atoms with E-state index in [1.165, 1.54) is 21.1 Å². The van der Waals surface area contributed by atoms with Gasteiger partial charge in [0.2, 0.25) is 21.9 Å². The normalized spacial score (nSPS) is 18.8. The number of H-pyrrole nitrogens is 2. The van der Waals surface area contributed by atoms with E-state index in [2.05, 4.69) is 35.3 Å². The molecule has 4 N–H and O–H groups in total. The highest BCUT2D eigenvalue weighted by molar-refractivity contribution is 7.89. The van der Waals surface area contributed by atoms with Gasteiger partial charge in [-0.1, -0.05) is 0 Å². The third kappa shape index (κ3) is 4.23. The summed E-state index contributed by atoms with van der Waals surface area (Å²) in [5.41, 5.74) is 0.417. The molecule has 2 fully saturated rings. The number of aromatic hydroxyl groups is 1. The maximum Gasteiger partial charge on any atom is 0.326 e. The Morgan fingerprint density at radius 3 is 2.72 bits per heavy atom. The van der Waals surface area contributed by atoms with Gasteiger partial charge in [0.25, 0.3) is 5.62 Å². The van der Waals surface area contributed by atoms with E-state index in [0.717, 1.165) is 25.7 Å². The number of hydrogen-bond acceptors (Lipinski definition) is 9. The smallest absolute Gasteiger partial charge is 0.326 e. The Kier molecular flexibility index (Phi) is 5.17. The number of sulfonamides is 1. The quantitative estimate of drug-likeness (QED) is 0.322. The highest BCUT2D eigenvalue weighted by Gasteiger charge is 2.25. The lowest BCUT2D eigenvalue weighted by Gasteiger charge is -2.15. The summed E-state index contributed by atoms with van der Waals surface area (Å²) in [6.07, 6.45) is 6.79. The van der Waals surface area contributed by atoms with Crippen LogP contribution in [0.3, 0.4) is 0 Å². The molecule has 3 aromatic rings. The second-order valence-corrected chi connectivity index (χ2v) is 9.97. The molecule has 0 radical (unpaired) electrons. The van der Waals surface area contributed by atoms with Crippen LogP contribution in [-0.2, 0) is 10.0 Å². The highest BCUT2D eigenvalue weighted by atomic mass is 32.2. The molecular formula is C18H23N9O4S. The predicted molar refractivity (Wildman–Crippen MR) is 114 cm³/mol. The molecular weight excluding hydrogens is 438 g/mol. The van der Waals surface area contributed by atoms with Crippen LogP contribution < -0.4 is 21.8 Å². The van der Waals surface area contributed by atoms with Gasteiger partial charge >= 0.3 is 5.69 Å². The number of aromatic nitrogens is 6. The summed E-state index contributed by atoms with van der Waals surface area (Å²) in [5, 5.41) is 17.7. The summed E-state index contributed by atoms with van der Waals surface area (Å²) in [4.78, 5) is 29.6. The van der Waals surface area contributed by atoms with Crippen molar-refractivity contribution >= 4 is 27.7 Å². The highest BCUT2D eigenvalue weighted by Crippen LogP contribution is 2.22. The van der Waals surface area contributed by atoms with Gasteiger partial charge in [-0.25, -0.2) is 22.5 Å². The first-order valence-corrected chi connectivity index (χ1v) is 12.0. The van der Waals surface area contributed by atoms with E-state index in [1.54, 1.807) is 0 Å². The lowest BCUT2D eigenvalue weighted by molar-refractivity contribution is 0.454. The average molecular weight is 462 g/mol. The van der Waals surface area contributed by atoms with Crippen molar-refractivity contribution < 1.29 is 13.5 Å². The molecule has 1 aliphatic carbocycles. The summed E-state index contributed by atoms with van der Waals surface area (Å²) < 4.78 is 27.9. The van der Waals surface area contributed by atoms with Crippen molar-refractivity contribution in [2.75, 3.05) is 30.7 Å². The molecule has 32 heavy (non-hydrogen) atoms. The summed E-state index contributed by atoms with van der Waals surface area (Å²) in [6, 6.07) is 0.179. The molecule has 1 saturated heterocycles. The number of hydrogen-bond donors (Lipinski definition) is 4. The first kappa shape index (κ1) is 20.6. The molecule has 4 heterocycles. The van der Waals surface area contributed by atoms with Crippen molar-refractivity contribution in [1.29, 1.82) is 0 Å². The average Bonchev–Trinajstić information content (AvgIpc) is 3.13. The minimum atomic E-state index is -3.33. The number of nitrogens with one attached hydrogen (secondary N) is 3. The second-order valence-electron chi connectivity index (χ2n) is 7.88. The monoisotopic (exact) mass is 461 g/mol. The van der Waals surface area contributed by atoms with E-state index < -0.39 is 15.7 Å². The van der Waals surface area contributed by atoms with Crippen LogP contribution in [0.25, 0.3) is 11.7 Å². The van der Waals surface area contributed by atoms with E-state index in [-0.39, 0.29) is 35.9 Å². The molecule has 3 aromatic heterocycles. The van der Waals surface area contributed by atoms with Gasteiger partial charge in [-0.2, -0.15) is 19.6 Å². The van der Waals surface area contributed by atoms with Crippen LogP contribution in [0.2, 0.25) is 0 Å². The maximum absolute atomic E-state index is 12.5. The van der Waals surface area contributed by atoms with Crippen LogP contribution >= 0.6 is 0 Å². The lowest BCUT2D eigenvalue weighted by Crippen LogP contribution is -2.33. The zero-order valence-electron chi connectivity index (χ0n) is 17.2. The van der Waals surface area contributed by atoms with E-state index >= 15 is 0 Å². The van der Waals surface area contributed by atoms with E-state index in [4.69, 9.17) is 0 Å². The summed E-state index contributed by atoms with van der Waals surface area (Å²) in [6.45, 7) is 1.29. The van der Waals surface area contributed by atoms with Crippen LogP contribution in [0.5, 0.6) is 5.88 Å². The fourth-order valence-electron chi connectivity index (χ4n) is 3.55. The van der Waals surface area contributed by atoms with Crippen molar-refractivity contribution in [3.05, 3.63) is 33.2 Å². The molecule has 0 aromatic carbocycles. The van der Waals surface area contributed by atoms with Crippen LogP contribution in [0.15, 0.2) is 16.0 Å². The van der Waals surface area contributed by atoms with Crippen LogP contribution in [-0.4, -0.2) is 78.8 Å². The van der Waals surface area contributed by atoms with Crippen molar-refractivity contribution in [3.8, 4) is 5.88 Å². The van der Waals surface area contributed by atoms with Gasteiger partial charge in [-0.05, 0) is 31.8 Å². The Labute approximate surface area is 182 Å². The van der Waals surface area contributed by atoms with Gasteiger partial charge in [0.1, 0.15) is 5.69 Å². The van der Waals surface area contributed by atoms with Crippen molar-refractivity contribution in [3.63, 3.8) is 0 Å². The standard InChI is InChI=1S/C18H23N9O4S/c28-15-13(22-18(29)24-15)9-11-10-20-27-14(11)23-16(25-17(27)21-12-3-4-12)19-5-8-32(30,31)26-6-1-2-7-26/h9-10,12,28H,1-8H2,(H,19,21,25)(H2,22,24,29). The van der Waals surface area contributed by atoms with Crippen LogP contribution in [0.4, 0.5) is 5.95 Å². The van der Waals surface area contributed by atoms with Gasteiger partial charge in [0, 0.05) is 24.9 Å². The Bertz CT molecular complexity index is 1430. The Morgan fingerprint density at radius 2 is 2.03 bits per heavy atom. The largest absolute Gasteiger partial charge is 0.493 e. The molecule has 0 bridgehead atoms. The summed E-state index contributed by atoms with van der Waals surface area (Å²) in [7, 11) is -3.33. The molecule has 0 unspecified atom stereocenters. The molecule has 1 saturated carbocycles. The third-order valence-electron chi connectivity index (χ3n) is 5.36. The number of fused-ring (bicyclic) bond motifs is 1. The van der Waals surface area contributed by atoms with Gasteiger partial charge in [0.05, 0.1) is 18.0 Å². The minimum absolute atomic E-state index is 0.0622. The third-order valence-corrected chi connectivity index (χ3v) is 7.23. The molecule has 0 spiro atoms. The molecule has 5 rings (SSSR count). The topological polar surface area (TPSA) is 174 Å². The Hall–Kier alpha value is -3.26. The first-order valence-electron chi connectivity index (χ1n) is 10.4. The Balaban J connectivity index is 1.47. The summed E-state index contributed by atoms with van der Waals surface area (Å²) >= 11 is 0. The van der Waals surface area contributed by atoms with E-state index in [0.29, 0.717) is 29.6 Å². The molecule has 1 aliphatic heterocycles. The van der Waals surface area contributed by atoms with Crippen molar-refractivity contribution in [1.82, 2.24) is 33.9 Å². The van der Waals surface area contributed by atoms with Gasteiger partial charge in [-0.3, -0.25) is 4.98 Å². The van der Waals surface area contributed by atoms with Gasteiger partial charge < -0.3 is 15.4 Å². The van der Waals surface area contributed by atoms with Crippen molar-refractivity contribution in [2.24, 2.45) is 4.99 Å². The Morgan fingerprint density at radius 1 is 1.25 bits per heavy atom. The predicted octanol–water partition coefficient (Wildman–Crippen LogP) is -1.71. The number of anilines is 1. The van der Waals surface area contributed by atoms with Gasteiger partial charge in [0.15, 0.2) is 5.65 Å². The zero-order valence-corrected chi connectivity index (χ0v) is 18.0. The fraction of sp³-hybridized carbons (Fsp3) is 0.500. The van der Waals surface area contributed by atoms with Crippen LogP contribution in [0, 0.1) is 0 Å². The van der Waals surface area contributed by atoms with Crippen molar-refractivity contribution in [2.45, 2.75) is 31.7 Å². The zero-order chi connectivity index (χ0) is 22.3. The maximum atomic E-state index is 12.5. The second kappa shape index (κ2) is 8.02. The fourth-order valence-corrected chi connectivity index (χ4v) is 4.98. The van der Waals surface area contributed by atoms with Gasteiger partial charge in [-0.15, -0.1) is 0 Å². The molecule has 14 heteroatoms. The SMILES string of the molecule is O=c1[nH]c(O)c(C=c2cnn3c(=NC4CC4)nc(NCCS(=O)(=O)N4CCCC4)nc23)[nH]1. The molecule has 13 nitrogen and oxygen atoms in total. The number of imidazole rings is 1. The minimum Gasteiger partial charge on any atom is -0.493 e. The molecule has 170 valence electrons. The molecule has 2 aliphatic rings.